The molecule has 1 heterocycles. The van der Waals surface area contributed by atoms with Crippen molar-refractivity contribution in [1.29, 1.82) is 0 Å². The minimum absolute atomic E-state index is 0.0728. The number of azide groups is 1. The number of rotatable bonds is 4. The quantitative estimate of drug-likeness (QED) is 0.520. The molecule has 20 heavy (non-hydrogen) atoms. The summed E-state index contributed by atoms with van der Waals surface area (Å²) in [7, 11) is 2.13. The van der Waals surface area contributed by atoms with E-state index >= 15 is 0 Å². The maximum Gasteiger partial charge on any atom is 0.251 e. The van der Waals surface area contributed by atoms with Crippen molar-refractivity contribution in [3.8, 4) is 0 Å². The maximum atomic E-state index is 12.0. The Balaban J connectivity index is 1.83. The number of amides is 1. The number of carbonyl (C=O) groups is 1. The first-order chi connectivity index (χ1) is 9.69. The van der Waals surface area contributed by atoms with Crippen molar-refractivity contribution < 1.29 is 4.79 Å². The number of nitrogens with zero attached hydrogens (tertiary/aromatic N) is 4. The van der Waals surface area contributed by atoms with Crippen molar-refractivity contribution in [2.24, 2.45) is 11.0 Å². The molecule has 1 N–H and O–H groups in total. The zero-order valence-corrected chi connectivity index (χ0v) is 11.6. The number of likely N-dealkylation sites (tertiary alicyclic amines) is 1. The monoisotopic (exact) mass is 273 g/mol. The normalized spacial score (nSPS) is 16.4. The van der Waals surface area contributed by atoms with Gasteiger partial charge in [0, 0.05) is 22.7 Å². The van der Waals surface area contributed by atoms with Crippen LogP contribution in [0.5, 0.6) is 0 Å². The van der Waals surface area contributed by atoms with Gasteiger partial charge in [0.15, 0.2) is 0 Å². The molecule has 0 bridgehead atoms. The largest absolute Gasteiger partial charge is 0.352 e. The van der Waals surface area contributed by atoms with Gasteiger partial charge in [-0.25, -0.2) is 0 Å². The van der Waals surface area contributed by atoms with E-state index in [0.29, 0.717) is 17.2 Å². The lowest BCUT2D eigenvalue weighted by Gasteiger charge is -2.28. The second kappa shape index (κ2) is 6.93. The second-order valence-corrected chi connectivity index (χ2v) is 5.19. The third-order valence-corrected chi connectivity index (χ3v) is 3.68. The molecular weight excluding hydrogens is 254 g/mol. The van der Waals surface area contributed by atoms with Crippen LogP contribution in [0.15, 0.2) is 29.4 Å². The van der Waals surface area contributed by atoms with Gasteiger partial charge >= 0.3 is 0 Å². The maximum absolute atomic E-state index is 12.0. The van der Waals surface area contributed by atoms with Crippen LogP contribution < -0.4 is 5.32 Å². The minimum Gasteiger partial charge on any atom is -0.352 e. The molecule has 1 aliphatic heterocycles. The highest BCUT2D eigenvalue weighted by Crippen LogP contribution is 2.16. The SMILES string of the molecule is CN1CCC(CNC(=O)c2ccc(N=[N+]=[N-])cc2)CC1. The molecule has 1 fully saturated rings. The van der Waals surface area contributed by atoms with Crippen LogP contribution in [0, 0.1) is 5.92 Å². The highest BCUT2D eigenvalue weighted by Gasteiger charge is 2.17. The Morgan fingerprint density at radius 1 is 1.40 bits per heavy atom. The summed E-state index contributed by atoms with van der Waals surface area (Å²) >= 11 is 0. The molecule has 0 aromatic heterocycles. The molecule has 0 unspecified atom stereocenters. The van der Waals surface area contributed by atoms with Crippen molar-refractivity contribution in [3.05, 3.63) is 40.3 Å². The third-order valence-electron chi connectivity index (χ3n) is 3.68. The van der Waals surface area contributed by atoms with Crippen molar-refractivity contribution >= 4 is 11.6 Å². The topological polar surface area (TPSA) is 81.1 Å². The Labute approximate surface area is 118 Å². The third kappa shape index (κ3) is 3.98. The standard InChI is InChI=1S/C14H19N5O/c1-19-8-6-11(7-9-19)10-16-14(20)12-2-4-13(5-3-12)17-18-15/h2-5,11H,6-10H2,1H3,(H,16,20). The van der Waals surface area contributed by atoms with Crippen LogP contribution in [-0.4, -0.2) is 37.5 Å². The van der Waals surface area contributed by atoms with Crippen LogP contribution in [0.1, 0.15) is 23.2 Å². The Hall–Kier alpha value is -2.04. The van der Waals surface area contributed by atoms with E-state index in [2.05, 4.69) is 27.3 Å². The Morgan fingerprint density at radius 2 is 2.05 bits per heavy atom. The average Bonchev–Trinajstić information content (AvgIpc) is 2.47. The zero-order chi connectivity index (χ0) is 14.4. The molecule has 0 spiro atoms. The molecule has 6 nitrogen and oxygen atoms in total. The molecule has 1 amide bonds. The van der Waals surface area contributed by atoms with E-state index < -0.39 is 0 Å². The van der Waals surface area contributed by atoms with Crippen LogP contribution in [-0.2, 0) is 0 Å². The minimum atomic E-state index is -0.0728. The van der Waals surface area contributed by atoms with E-state index in [1.165, 1.54) is 0 Å². The van der Waals surface area contributed by atoms with Crippen LogP contribution in [0.4, 0.5) is 5.69 Å². The zero-order valence-electron chi connectivity index (χ0n) is 11.6. The fraction of sp³-hybridized carbons (Fsp3) is 0.500. The lowest BCUT2D eigenvalue weighted by Crippen LogP contribution is -2.36. The number of carbonyl (C=O) groups excluding carboxylic acids is 1. The Morgan fingerprint density at radius 3 is 2.65 bits per heavy atom. The second-order valence-electron chi connectivity index (χ2n) is 5.19. The average molecular weight is 273 g/mol. The number of benzene rings is 1. The molecule has 2 rings (SSSR count). The summed E-state index contributed by atoms with van der Waals surface area (Å²) in [4.78, 5) is 17.0. The van der Waals surface area contributed by atoms with Gasteiger partial charge in [-0.3, -0.25) is 4.79 Å². The van der Waals surface area contributed by atoms with E-state index in [0.717, 1.165) is 32.5 Å². The molecule has 1 saturated heterocycles. The number of piperidine rings is 1. The summed E-state index contributed by atoms with van der Waals surface area (Å²) in [5, 5.41) is 6.45. The summed E-state index contributed by atoms with van der Waals surface area (Å²) in [6.45, 7) is 2.92. The Kier molecular flexibility index (Phi) is 4.98. The summed E-state index contributed by atoms with van der Waals surface area (Å²) in [5.41, 5.74) is 9.43. The fourth-order valence-corrected chi connectivity index (χ4v) is 2.34. The molecule has 0 saturated carbocycles. The smallest absolute Gasteiger partial charge is 0.251 e. The van der Waals surface area contributed by atoms with Gasteiger partial charge in [0.05, 0.1) is 0 Å². The van der Waals surface area contributed by atoms with Crippen LogP contribution in [0.25, 0.3) is 10.4 Å². The summed E-state index contributed by atoms with van der Waals surface area (Å²) in [5.74, 6) is 0.494. The van der Waals surface area contributed by atoms with Gasteiger partial charge in [-0.05, 0) is 56.6 Å². The van der Waals surface area contributed by atoms with E-state index in [9.17, 15) is 4.79 Å². The molecule has 0 radical (unpaired) electrons. The van der Waals surface area contributed by atoms with E-state index in [1.807, 2.05) is 0 Å². The molecule has 1 aliphatic rings. The van der Waals surface area contributed by atoms with Gasteiger partial charge in [0.25, 0.3) is 5.91 Å². The summed E-state index contributed by atoms with van der Waals surface area (Å²) in [6, 6.07) is 6.64. The van der Waals surface area contributed by atoms with Crippen LogP contribution in [0.3, 0.4) is 0 Å². The van der Waals surface area contributed by atoms with Crippen molar-refractivity contribution in [3.63, 3.8) is 0 Å². The molecule has 0 atom stereocenters. The lowest BCUT2D eigenvalue weighted by molar-refractivity contribution is 0.0939. The first kappa shape index (κ1) is 14.4. The molecule has 6 heteroatoms. The van der Waals surface area contributed by atoms with Gasteiger partial charge in [-0.2, -0.15) is 0 Å². The number of hydrogen-bond acceptors (Lipinski definition) is 3. The molecule has 106 valence electrons. The highest BCUT2D eigenvalue weighted by molar-refractivity contribution is 5.94. The van der Waals surface area contributed by atoms with Gasteiger partial charge in [0.1, 0.15) is 0 Å². The van der Waals surface area contributed by atoms with Gasteiger partial charge < -0.3 is 10.2 Å². The van der Waals surface area contributed by atoms with Gasteiger partial charge in [-0.15, -0.1) is 0 Å². The first-order valence-electron chi connectivity index (χ1n) is 6.81. The van der Waals surface area contributed by atoms with Crippen molar-refractivity contribution in [2.45, 2.75) is 12.8 Å². The molecule has 0 aliphatic carbocycles. The Bertz CT molecular complexity index is 499. The number of nitrogens with one attached hydrogen (secondary N) is 1. The van der Waals surface area contributed by atoms with Crippen LogP contribution >= 0.6 is 0 Å². The highest BCUT2D eigenvalue weighted by atomic mass is 16.1. The summed E-state index contributed by atoms with van der Waals surface area (Å²) in [6.07, 6.45) is 2.26. The fourth-order valence-electron chi connectivity index (χ4n) is 2.34. The van der Waals surface area contributed by atoms with Gasteiger partial charge in [0.2, 0.25) is 0 Å². The van der Waals surface area contributed by atoms with E-state index in [-0.39, 0.29) is 5.91 Å². The van der Waals surface area contributed by atoms with Crippen molar-refractivity contribution in [2.75, 3.05) is 26.7 Å². The van der Waals surface area contributed by atoms with Crippen molar-refractivity contribution in [1.82, 2.24) is 10.2 Å². The first-order valence-corrected chi connectivity index (χ1v) is 6.81. The summed E-state index contributed by atoms with van der Waals surface area (Å²) < 4.78 is 0. The number of hydrogen-bond donors (Lipinski definition) is 1. The predicted octanol–water partition coefficient (Wildman–Crippen LogP) is 2.70. The molecule has 1 aromatic rings. The lowest BCUT2D eigenvalue weighted by atomic mass is 9.97. The predicted molar refractivity (Wildman–Crippen MR) is 77.8 cm³/mol. The van der Waals surface area contributed by atoms with E-state index in [1.54, 1.807) is 24.3 Å². The van der Waals surface area contributed by atoms with Crippen LogP contribution in [0.2, 0.25) is 0 Å². The van der Waals surface area contributed by atoms with E-state index in [4.69, 9.17) is 5.53 Å². The van der Waals surface area contributed by atoms with Gasteiger partial charge in [-0.1, -0.05) is 17.2 Å². The molecule has 1 aromatic carbocycles. The molecular formula is C14H19N5O.